The number of aromatic amines is 1. The van der Waals surface area contributed by atoms with Crippen LogP contribution in [0.3, 0.4) is 0 Å². The lowest BCUT2D eigenvalue weighted by Crippen LogP contribution is -2.29. The zero-order chi connectivity index (χ0) is 10.4. The van der Waals surface area contributed by atoms with Gasteiger partial charge in [0.25, 0.3) is 0 Å². The highest BCUT2D eigenvalue weighted by Crippen LogP contribution is 1.99. The van der Waals surface area contributed by atoms with Crippen molar-refractivity contribution >= 4 is 5.91 Å². The van der Waals surface area contributed by atoms with Crippen LogP contribution >= 0.6 is 0 Å². The molecule has 0 saturated carbocycles. The summed E-state index contributed by atoms with van der Waals surface area (Å²) in [4.78, 5) is 13.0. The maximum absolute atomic E-state index is 11.4. The Morgan fingerprint density at radius 3 is 3.07 bits per heavy atom. The number of nitrogens with one attached hydrogen (secondary N) is 1. The number of likely N-dealkylation sites (N-methyl/N-ethyl adjacent to an activating group) is 1. The Hall–Kier alpha value is -1.36. The number of nitrogens with zero attached hydrogens (tertiary/aromatic N) is 2. The normalized spacial score (nSPS) is 10.1. The zero-order valence-corrected chi connectivity index (χ0v) is 8.49. The molecular weight excluding hydrogens is 182 g/mol. The van der Waals surface area contributed by atoms with E-state index in [4.69, 9.17) is 4.74 Å². The maximum atomic E-state index is 11.4. The van der Waals surface area contributed by atoms with Gasteiger partial charge in [0.2, 0.25) is 5.91 Å². The molecule has 14 heavy (non-hydrogen) atoms. The third-order valence-corrected chi connectivity index (χ3v) is 1.83. The molecule has 0 saturated heterocycles. The van der Waals surface area contributed by atoms with Gasteiger partial charge in [0.15, 0.2) is 0 Å². The van der Waals surface area contributed by atoms with Crippen LogP contribution in [0.25, 0.3) is 0 Å². The van der Waals surface area contributed by atoms with E-state index in [2.05, 4.69) is 10.2 Å². The molecule has 0 atom stereocenters. The Bertz CT molecular complexity index is 272. The van der Waals surface area contributed by atoms with E-state index in [9.17, 15) is 4.79 Å². The van der Waals surface area contributed by atoms with Crippen molar-refractivity contribution in [1.29, 1.82) is 0 Å². The largest absolute Gasteiger partial charge is 0.372 e. The molecule has 0 aliphatic rings. The number of rotatable bonds is 5. The van der Waals surface area contributed by atoms with Crippen molar-refractivity contribution in [2.24, 2.45) is 0 Å². The van der Waals surface area contributed by atoms with Crippen molar-refractivity contribution in [3.05, 3.63) is 18.0 Å². The third-order valence-electron chi connectivity index (χ3n) is 1.83. The topological polar surface area (TPSA) is 58.2 Å². The van der Waals surface area contributed by atoms with Crippen molar-refractivity contribution in [3.8, 4) is 0 Å². The molecule has 1 aromatic heterocycles. The van der Waals surface area contributed by atoms with Gasteiger partial charge in [-0.2, -0.15) is 5.10 Å². The van der Waals surface area contributed by atoms with Crippen LogP contribution in [-0.2, 0) is 16.1 Å². The highest BCUT2D eigenvalue weighted by atomic mass is 16.5. The van der Waals surface area contributed by atoms with Crippen LogP contribution in [0.4, 0.5) is 0 Å². The Morgan fingerprint density at radius 2 is 2.50 bits per heavy atom. The van der Waals surface area contributed by atoms with Crippen LogP contribution in [0.2, 0.25) is 0 Å². The molecule has 1 heterocycles. The smallest absolute Gasteiger partial charge is 0.248 e. The molecular formula is C9H15N3O2. The summed E-state index contributed by atoms with van der Waals surface area (Å²) in [5, 5.41) is 6.50. The fraction of sp³-hybridized carbons (Fsp3) is 0.556. The first-order valence-electron chi connectivity index (χ1n) is 4.53. The Labute approximate surface area is 83.1 Å². The molecule has 0 unspecified atom stereocenters. The number of amides is 1. The molecule has 1 amide bonds. The van der Waals surface area contributed by atoms with Crippen LogP contribution in [0, 0.1) is 0 Å². The molecule has 5 heteroatoms. The van der Waals surface area contributed by atoms with Gasteiger partial charge in [-0.1, -0.05) is 0 Å². The van der Waals surface area contributed by atoms with Gasteiger partial charge >= 0.3 is 0 Å². The van der Waals surface area contributed by atoms with Crippen LogP contribution in [-0.4, -0.2) is 41.3 Å². The second kappa shape index (κ2) is 5.39. The Balaban J connectivity index is 2.34. The lowest BCUT2D eigenvalue weighted by molar-refractivity contribution is -0.135. The molecule has 5 nitrogen and oxygen atoms in total. The van der Waals surface area contributed by atoms with E-state index < -0.39 is 0 Å². The molecule has 78 valence electrons. The summed E-state index contributed by atoms with van der Waals surface area (Å²) in [6.45, 7) is 3.13. The summed E-state index contributed by atoms with van der Waals surface area (Å²) < 4.78 is 5.02. The van der Waals surface area contributed by atoms with Gasteiger partial charge in [0.05, 0.1) is 6.20 Å². The average Bonchev–Trinajstić information content (AvgIpc) is 2.66. The maximum Gasteiger partial charge on any atom is 0.248 e. The van der Waals surface area contributed by atoms with Gasteiger partial charge in [-0.25, -0.2) is 0 Å². The summed E-state index contributed by atoms with van der Waals surface area (Å²) in [6.07, 6.45) is 3.47. The molecule has 0 spiro atoms. The van der Waals surface area contributed by atoms with Gasteiger partial charge in [-0.15, -0.1) is 0 Å². The molecule has 1 N–H and O–H groups in total. The van der Waals surface area contributed by atoms with E-state index in [1.54, 1.807) is 24.3 Å². The lowest BCUT2D eigenvalue weighted by atomic mass is 10.3. The summed E-state index contributed by atoms with van der Waals surface area (Å²) in [7, 11) is 1.74. The standard InChI is InChI=1S/C9H15N3O2/c1-3-14-7-9(13)12(2)6-8-4-10-11-5-8/h4-5H,3,6-7H2,1-2H3,(H,10,11). The third kappa shape index (κ3) is 3.18. The lowest BCUT2D eigenvalue weighted by Gasteiger charge is -2.15. The summed E-state index contributed by atoms with van der Waals surface area (Å²) in [5.74, 6) is -0.0203. The van der Waals surface area contributed by atoms with Crippen LogP contribution in [0.5, 0.6) is 0 Å². The second-order valence-electron chi connectivity index (χ2n) is 2.99. The number of carbonyl (C=O) groups is 1. The number of aromatic nitrogens is 2. The van der Waals surface area contributed by atoms with E-state index >= 15 is 0 Å². The van der Waals surface area contributed by atoms with Gasteiger partial charge in [-0.05, 0) is 6.92 Å². The fourth-order valence-corrected chi connectivity index (χ4v) is 1.03. The van der Waals surface area contributed by atoms with Crippen LogP contribution in [0.1, 0.15) is 12.5 Å². The van der Waals surface area contributed by atoms with Crippen LogP contribution in [0.15, 0.2) is 12.4 Å². The number of carbonyl (C=O) groups excluding carboxylic acids is 1. The Kier molecular flexibility index (Phi) is 4.12. The molecule has 1 rings (SSSR count). The summed E-state index contributed by atoms with van der Waals surface area (Å²) >= 11 is 0. The molecule has 0 radical (unpaired) electrons. The molecule has 1 aromatic rings. The van der Waals surface area contributed by atoms with Gasteiger partial charge < -0.3 is 9.64 Å². The number of ether oxygens (including phenoxy) is 1. The molecule has 0 aliphatic carbocycles. The Morgan fingerprint density at radius 1 is 1.71 bits per heavy atom. The van der Waals surface area contributed by atoms with E-state index in [1.807, 2.05) is 6.92 Å². The van der Waals surface area contributed by atoms with Gasteiger partial charge in [0.1, 0.15) is 6.61 Å². The van der Waals surface area contributed by atoms with E-state index in [0.717, 1.165) is 5.56 Å². The van der Waals surface area contributed by atoms with Crippen molar-refractivity contribution in [2.45, 2.75) is 13.5 Å². The molecule has 0 aromatic carbocycles. The minimum atomic E-state index is -0.0203. The highest BCUT2D eigenvalue weighted by molar-refractivity contribution is 5.77. The van der Waals surface area contributed by atoms with Gasteiger partial charge in [-0.3, -0.25) is 9.89 Å². The van der Waals surface area contributed by atoms with Crippen molar-refractivity contribution in [3.63, 3.8) is 0 Å². The monoisotopic (exact) mass is 197 g/mol. The SMILES string of the molecule is CCOCC(=O)N(C)Cc1cn[nH]c1. The molecule has 0 bridgehead atoms. The number of H-pyrrole nitrogens is 1. The van der Waals surface area contributed by atoms with Crippen LogP contribution < -0.4 is 0 Å². The molecule has 0 aliphatic heterocycles. The van der Waals surface area contributed by atoms with Crippen molar-refractivity contribution in [1.82, 2.24) is 15.1 Å². The van der Waals surface area contributed by atoms with E-state index in [0.29, 0.717) is 13.2 Å². The van der Waals surface area contributed by atoms with E-state index in [1.165, 1.54) is 0 Å². The first-order chi connectivity index (χ1) is 6.74. The second-order valence-corrected chi connectivity index (χ2v) is 2.99. The predicted octanol–water partition coefficient (Wildman–Crippen LogP) is 0.405. The van der Waals surface area contributed by atoms with E-state index in [-0.39, 0.29) is 12.5 Å². The quantitative estimate of drug-likeness (QED) is 0.743. The average molecular weight is 197 g/mol. The zero-order valence-electron chi connectivity index (χ0n) is 8.49. The number of hydrogen-bond acceptors (Lipinski definition) is 3. The fourth-order valence-electron chi connectivity index (χ4n) is 1.03. The first-order valence-corrected chi connectivity index (χ1v) is 4.53. The van der Waals surface area contributed by atoms with Crippen molar-refractivity contribution < 1.29 is 9.53 Å². The minimum absolute atomic E-state index is 0.0203. The van der Waals surface area contributed by atoms with Gasteiger partial charge in [0, 0.05) is 32.0 Å². The predicted molar refractivity (Wildman–Crippen MR) is 51.6 cm³/mol. The number of hydrogen-bond donors (Lipinski definition) is 1. The minimum Gasteiger partial charge on any atom is -0.372 e. The van der Waals surface area contributed by atoms with Crippen molar-refractivity contribution in [2.75, 3.05) is 20.3 Å². The summed E-state index contributed by atoms with van der Waals surface area (Å²) in [5.41, 5.74) is 0.984. The summed E-state index contributed by atoms with van der Waals surface area (Å²) in [6, 6.07) is 0. The first kappa shape index (κ1) is 10.7. The highest BCUT2D eigenvalue weighted by Gasteiger charge is 2.08. The molecule has 0 fully saturated rings.